The van der Waals surface area contributed by atoms with Gasteiger partial charge in [0.1, 0.15) is 5.75 Å². The van der Waals surface area contributed by atoms with Gasteiger partial charge in [0.05, 0.1) is 20.3 Å². The SMILES string of the molecule is COc1ccc([C@@H](C)NC(=O)[C@@H](C)Oc2ccc(C(C)(C)C)cc2)cc1OC. The maximum atomic E-state index is 12.5. The van der Waals surface area contributed by atoms with E-state index in [0.29, 0.717) is 17.2 Å². The highest BCUT2D eigenvalue weighted by Gasteiger charge is 2.19. The molecule has 0 radical (unpaired) electrons. The lowest BCUT2D eigenvalue weighted by Crippen LogP contribution is -2.37. The monoisotopic (exact) mass is 385 g/mol. The molecule has 0 fully saturated rings. The highest BCUT2D eigenvalue weighted by Crippen LogP contribution is 2.30. The second kappa shape index (κ2) is 9.00. The first-order valence-electron chi connectivity index (χ1n) is 9.45. The van der Waals surface area contributed by atoms with Crippen molar-refractivity contribution in [2.75, 3.05) is 14.2 Å². The number of rotatable bonds is 7. The molecular weight excluding hydrogens is 354 g/mol. The first-order valence-corrected chi connectivity index (χ1v) is 9.45. The quantitative estimate of drug-likeness (QED) is 0.754. The fourth-order valence-corrected chi connectivity index (χ4v) is 2.83. The molecule has 2 atom stereocenters. The van der Waals surface area contributed by atoms with Crippen LogP contribution < -0.4 is 19.5 Å². The largest absolute Gasteiger partial charge is 0.493 e. The molecule has 0 saturated heterocycles. The Morgan fingerprint density at radius 3 is 2.07 bits per heavy atom. The van der Waals surface area contributed by atoms with Crippen LogP contribution in [0.5, 0.6) is 17.2 Å². The minimum atomic E-state index is -0.608. The van der Waals surface area contributed by atoms with Gasteiger partial charge in [-0.15, -0.1) is 0 Å². The molecule has 0 heterocycles. The molecule has 0 saturated carbocycles. The summed E-state index contributed by atoms with van der Waals surface area (Å²) in [6.07, 6.45) is -0.608. The molecule has 0 aliphatic carbocycles. The minimum Gasteiger partial charge on any atom is -0.493 e. The van der Waals surface area contributed by atoms with E-state index in [0.717, 1.165) is 5.56 Å². The summed E-state index contributed by atoms with van der Waals surface area (Å²) in [4.78, 5) is 12.5. The van der Waals surface area contributed by atoms with Gasteiger partial charge >= 0.3 is 0 Å². The molecule has 0 bridgehead atoms. The normalized spacial score (nSPS) is 13.4. The number of methoxy groups -OCH3 is 2. The van der Waals surface area contributed by atoms with E-state index in [2.05, 4.69) is 26.1 Å². The Hall–Kier alpha value is -2.69. The summed E-state index contributed by atoms with van der Waals surface area (Å²) in [5.74, 6) is 1.78. The lowest BCUT2D eigenvalue weighted by molar-refractivity contribution is -0.127. The molecule has 2 aromatic rings. The number of benzene rings is 2. The molecule has 2 rings (SSSR count). The molecule has 5 heteroatoms. The summed E-state index contributed by atoms with van der Waals surface area (Å²) in [6.45, 7) is 10.1. The standard InChI is InChI=1S/C23H31NO4/c1-15(17-8-13-20(26-6)21(14-17)27-7)24-22(25)16(2)28-19-11-9-18(10-12-19)23(3,4)5/h8-16H,1-7H3,(H,24,25)/t15-,16-/m1/s1. The molecule has 2 aromatic carbocycles. The van der Waals surface area contributed by atoms with Crippen molar-refractivity contribution in [3.63, 3.8) is 0 Å². The van der Waals surface area contributed by atoms with E-state index in [9.17, 15) is 4.79 Å². The van der Waals surface area contributed by atoms with Crippen LogP contribution in [0.15, 0.2) is 42.5 Å². The first-order chi connectivity index (χ1) is 13.2. The van der Waals surface area contributed by atoms with E-state index in [1.165, 1.54) is 5.56 Å². The Morgan fingerprint density at radius 2 is 1.54 bits per heavy atom. The molecular formula is C23H31NO4. The Labute approximate surface area is 168 Å². The van der Waals surface area contributed by atoms with E-state index in [4.69, 9.17) is 14.2 Å². The van der Waals surface area contributed by atoms with Crippen molar-refractivity contribution in [2.45, 2.75) is 52.2 Å². The smallest absolute Gasteiger partial charge is 0.261 e. The van der Waals surface area contributed by atoms with E-state index in [1.54, 1.807) is 21.1 Å². The summed E-state index contributed by atoms with van der Waals surface area (Å²) < 4.78 is 16.4. The predicted octanol–water partition coefficient (Wildman–Crippen LogP) is 4.65. The third-order valence-corrected chi connectivity index (χ3v) is 4.67. The number of hydrogen-bond acceptors (Lipinski definition) is 4. The lowest BCUT2D eigenvalue weighted by Gasteiger charge is -2.21. The van der Waals surface area contributed by atoms with Gasteiger partial charge in [-0.2, -0.15) is 0 Å². The van der Waals surface area contributed by atoms with Crippen LogP contribution in [0.2, 0.25) is 0 Å². The van der Waals surface area contributed by atoms with Gasteiger partial charge in [0.15, 0.2) is 17.6 Å². The minimum absolute atomic E-state index is 0.0797. The summed E-state index contributed by atoms with van der Waals surface area (Å²) in [5, 5.41) is 2.98. The zero-order valence-corrected chi connectivity index (χ0v) is 17.8. The van der Waals surface area contributed by atoms with Crippen molar-refractivity contribution in [3.05, 3.63) is 53.6 Å². The summed E-state index contributed by atoms with van der Waals surface area (Å²) in [6, 6.07) is 13.3. The Bertz CT molecular complexity index is 793. The van der Waals surface area contributed by atoms with Gasteiger partial charge < -0.3 is 19.5 Å². The van der Waals surface area contributed by atoms with Crippen molar-refractivity contribution >= 4 is 5.91 Å². The van der Waals surface area contributed by atoms with Crippen LogP contribution in [0, 0.1) is 0 Å². The van der Waals surface area contributed by atoms with Crippen molar-refractivity contribution < 1.29 is 19.0 Å². The first kappa shape index (κ1) is 21.6. The molecule has 152 valence electrons. The number of nitrogens with one attached hydrogen (secondary N) is 1. The summed E-state index contributed by atoms with van der Waals surface area (Å²) in [5.41, 5.74) is 2.22. The lowest BCUT2D eigenvalue weighted by atomic mass is 9.87. The number of ether oxygens (including phenoxy) is 3. The van der Waals surface area contributed by atoms with Crippen molar-refractivity contribution in [1.29, 1.82) is 0 Å². The molecule has 5 nitrogen and oxygen atoms in total. The zero-order valence-electron chi connectivity index (χ0n) is 17.8. The van der Waals surface area contributed by atoms with Gasteiger partial charge in [-0.25, -0.2) is 0 Å². The van der Waals surface area contributed by atoms with Gasteiger partial charge in [-0.1, -0.05) is 39.0 Å². The zero-order chi connectivity index (χ0) is 20.9. The highest BCUT2D eigenvalue weighted by atomic mass is 16.5. The Kier molecular flexibility index (Phi) is 6.95. The van der Waals surface area contributed by atoms with Crippen LogP contribution >= 0.6 is 0 Å². The molecule has 0 aromatic heterocycles. The maximum Gasteiger partial charge on any atom is 0.261 e. The van der Waals surface area contributed by atoms with Crippen LogP contribution in [-0.4, -0.2) is 26.2 Å². The van der Waals surface area contributed by atoms with Gasteiger partial charge in [0, 0.05) is 0 Å². The molecule has 0 aliphatic heterocycles. The van der Waals surface area contributed by atoms with Gasteiger partial charge in [0.2, 0.25) is 0 Å². The molecule has 1 N–H and O–H groups in total. The fraction of sp³-hybridized carbons (Fsp3) is 0.435. The average Bonchev–Trinajstić information content (AvgIpc) is 2.66. The topological polar surface area (TPSA) is 56.8 Å². The number of carbonyl (C=O) groups excluding carboxylic acids is 1. The van der Waals surface area contributed by atoms with Crippen LogP contribution in [-0.2, 0) is 10.2 Å². The van der Waals surface area contributed by atoms with Crippen LogP contribution in [0.4, 0.5) is 0 Å². The van der Waals surface area contributed by atoms with Crippen molar-refractivity contribution in [1.82, 2.24) is 5.32 Å². The van der Waals surface area contributed by atoms with Gasteiger partial charge in [-0.3, -0.25) is 4.79 Å². The van der Waals surface area contributed by atoms with Gasteiger partial charge in [0.25, 0.3) is 5.91 Å². The molecule has 0 aliphatic rings. The molecule has 0 unspecified atom stereocenters. The van der Waals surface area contributed by atoms with Crippen molar-refractivity contribution in [3.8, 4) is 17.2 Å². The molecule has 1 amide bonds. The van der Waals surface area contributed by atoms with Crippen LogP contribution in [0.25, 0.3) is 0 Å². The third kappa shape index (κ3) is 5.41. The Balaban J connectivity index is 2.00. The van der Waals surface area contributed by atoms with E-state index in [-0.39, 0.29) is 17.4 Å². The maximum absolute atomic E-state index is 12.5. The van der Waals surface area contributed by atoms with Gasteiger partial charge in [-0.05, 0) is 54.7 Å². The van der Waals surface area contributed by atoms with E-state index < -0.39 is 6.10 Å². The Morgan fingerprint density at radius 1 is 0.929 bits per heavy atom. The summed E-state index contributed by atoms with van der Waals surface area (Å²) in [7, 11) is 3.18. The molecule has 28 heavy (non-hydrogen) atoms. The van der Waals surface area contributed by atoms with E-state index >= 15 is 0 Å². The van der Waals surface area contributed by atoms with Crippen LogP contribution in [0.1, 0.15) is 51.8 Å². The van der Waals surface area contributed by atoms with E-state index in [1.807, 2.05) is 49.4 Å². The average molecular weight is 386 g/mol. The van der Waals surface area contributed by atoms with Crippen LogP contribution in [0.3, 0.4) is 0 Å². The second-order valence-corrected chi connectivity index (χ2v) is 7.88. The number of carbonyl (C=O) groups is 1. The second-order valence-electron chi connectivity index (χ2n) is 7.88. The highest BCUT2D eigenvalue weighted by molar-refractivity contribution is 5.81. The number of amides is 1. The van der Waals surface area contributed by atoms with Crippen molar-refractivity contribution in [2.24, 2.45) is 0 Å². The predicted molar refractivity (Wildman–Crippen MR) is 111 cm³/mol. The molecule has 0 spiro atoms. The number of hydrogen-bond donors (Lipinski definition) is 1. The third-order valence-electron chi connectivity index (χ3n) is 4.67. The fourth-order valence-electron chi connectivity index (χ4n) is 2.83. The summed E-state index contributed by atoms with van der Waals surface area (Å²) >= 11 is 0.